The molecule has 0 radical (unpaired) electrons. The Morgan fingerprint density at radius 3 is 2.70 bits per heavy atom. The molecule has 4 aromatic rings. The van der Waals surface area contributed by atoms with E-state index in [4.69, 9.17) is 5.73 Å². The first-order valence-corrected chi connectivity index (χ1v) is 13.0. The number of nitrogens with two attached hydrogens (primary N) is 1. The molecule has 33 heavy (non-hydrogen) atoms. The van der Waals surface area contributed by atoms with Crippen LogP contribution in [0.15, 0.2) is 48.9 Å². The lowest BCUT2D eigenvalue weighted by Crippen LogP contribution is -2.21. The number of benzene rings is 1. The zero-order valence-corrected chi connectivity index (χ0v) is 19.3. The molecule has 1 aliphatic carbocycles. The topological polar surface area (TPSA) is 120 Å². The maximum absolute atomic E-state index is 11.5. The number of nitrogens with zero attached hydrogens (tertiary/aromatic N) is 5. The van der Waals surface area contributed by atoms with Crippen molar-refractivity contribution in [2.75, 3.05) is 12.0 Å². The van der Waals surface area contributed by atoms with Crippen LogP contribution in [-0.2, 0) is 16.6 Å². The van der Waals surface area contributed by atoms with Crippen molar-refractivity contribution < 1.29 is 8.42 Å². The number of nitrogens with one attached hydrogen (secondary N) is 1. The second-order valence-corrected chi connectivity index (χ2v) is 10.4. The fourth-order valence-electron chi connectivity index (χ4n) is 4.67. The van der Waals surface area contributed by atoms with Crippen LogP contribution in [0.4, 0.5) is 5.82 Å². The average molecular weight is 466 g/mol. The van der Waals surface area contributed by atoms with Gasteiger partial charge in [0.1, 0.15) is 11.8 Å². The first-order chi connectivity index (χ1) is 15.9. The molecule has 172 valence electrons. The van der Waals surface area contributed by atoms with Gasteiger partial charge in [-0.1, -0.05) is 37.5 Å². The van der Waals surface area contributed by atoms with E-state index in [2.05, 4.69) is 30.7 Å². The van der Waals surface area contributed by atoms with Crippen LogP contribution in [0.1, 0.15) is 43.7 Å². The van der Waals surface area contributed by atoms with E-state index in [-0.39, 0.29) is 6.54 Å². The molecular formula is C23H27N7O2S. The lowest BCUT2D eigenvalue weighted by molar-refractivity contribution is 0.332. The highest BCUT2D eigenvalue weighted by molar-refractivity contribution is 7.88. The van der Waals surface area contributed by atoms with E-state index in [1.165, 1.54) is 25.6 Å². The Morgan fingerprint density at radius 2 is 1.91 bits per heavy atom. The lowest BCUT2D eigenvalue weighted by Gasteiger charge is -2.23. The molecule has 5 rings (SSSR count). The maximum atomic E-state index is 11.5. The zero-order chi connectivity index (χ0) is 23.0. The van der Waals surface area contributed by atoms with Crippen molar-refractivity contribution in [1.82, 2.24) is 29.1 Å². The summed E-state index contributed by atoms with van der Waals surface area (Å²) < 4.78 is 29.5. The summed E-state index contributed by atoms with van der Waals surface area (Å²) in [4.78, 5) is 4.24. The van der Waals surface area contributed by atoms with Gasteiger partial charge >= 0.3 is 0 Å². The third-order valence-corrected chi connectivity index (χ3v) is 6.88. The fourth-order valence-corrected chi connectivity index (χ4v) is 5.10. The Morgan fingerprint density at radius 1 is 1.09 bits per heavy atom. The zero-order valence-electron chi connectivity index (χ0n) is 18.5. The summed E-state index contributed by atoms with van der Waals surface area (Å²) in [6.45, 7) is 0.217. The number of nitrogen functional groups attached to an aromatic ring is 1. The lowest BCUT2D eigenvalue weighted by atomic mass is 9.95. The summed E-state index contributed by atoms with van der Waals surface area (Å²) in [5, 5.41) is 9.15. The van der Waals surface area contributed by atoms with Crippen molar-refractivity contribution in [1.29, 1.82) is 0 Å². The van der Waals surface area contributed by atoms with Crippen molar-refractivity contribution >= 4 is 21.4 Å². The SMILES string of the molecule is CS(=O)(=O)NCc1cccc(-c2cc(-c3ccnn3C3CCCCC3)c3c(N)ncnn23)c1. The van der Waals surface area contributed by atoms with Crippen LogP contribution < -0.4 is 10.5 Å². The number of hydrogen-bond donors (Lipinski definition) is 2. The van der Waals surface area contributed by atoms with Gasteiger partial charge in [0, 0.05) is 23.9 Å². The van der Waals surface area contributed by atoms with E-state index >= 15 is 0 Å². The average Bonchev–Trinajstić information content (AvgIpc) is 3.44. The van der Waals surface area contributed by atoms with E-state index < -0.39 is 10.0 Å². The van der Waals surface area contributed by atoms with Crippen LogP contribution in [-0.4, -0.2) is 39.1 Å². The summed E-state index contributed by atoms with van der Waals surface area (Å²) in [6, 6.07) is 12.2. The van der Waals surface area contributed by atoms with Gasteiger partial charge in [0.15, 0.2) is 5.82 Å². The highest BCUT2D eigenvalue weighted by Gasteiger charge is 2.23. The van der Waals surface area contributed by atoms with Crippen LogP contribution in [0.5, 0.6) is 0 Å². The normalized spacial score (nSPS) is 15.3. The minimum absolute atomic E-state index is 0.217. The Labute approximate surface area is 192 Å². The molecule has 0 amide bonds. The predicted molar refractivity (Wildman–Crippen MR) is 128 cm³/mol. The second kappa shape index (κ2) is 8.60. The van der Waals surface area contributed by atoms with Crippen molar-refractivity contribution in [3.63, 3.8) is 0 Å². The molecule has 1 aromatic carbocycles. The quantitative estimate of drug-likeness (QED) is 0.450. The number of fused-ring (bicyclic) bond motifs is 1. The molecule has 10 heteroatoms. The highest BCUT2D eigenvalue weighted by atomic mass is 32.2. The minimum atomic E-state index is -3.28. The maximum Gasteiger partial charge on any atom is 0.209 e. The number of hydrogen-bond acceptors (Lipinski definition) is 6. The molecule has 3 N–H and O–H groups in total. The van der Waals surface area contributed by atoms with Gasteiger partial charge in [0.2, 0.25) is 10.0 Å². The predicted octanol–water partition coefficient (Wildman–Crippen LogP) is 3.40. The van der Waals surface area contributed by atoms with Crippen molar-refractivity contribution in [3.8, 4) is 22.5 Å². The second-order valence-electron chi connectivity index (χ2n) is 8.60. The van der Waals surface area contributed by atoms with E-state index in [9.17, 15) is 8.42 Å². The summed E-state index contributed by atoms with van der Waals surface area (Å²) in [7, 11) is -3.28. The van der Waals surface area contributed by atoms with Crippen molar-refractivity contribution in [2.45, 2.75) is 44.7 Å². The minimum Gasteiger partial charge on any atom is -0.382 e. The number of anilines is 1. The van der Waals surface area contributed by atoms with E-state index in [0.29, 0.717) is 11.9 Å². The summed E-state index contributed by atoms with van der Waals surface area (Å²) >= 11 is 0. The molecule has 3 aromatic heterocycles. The van der Waals surface area contributed by atoms with Gasteiger partial charge < -0.3 is 5.73 Å². The largest absolute Gasteiger partial charge is 0.382 e. The number of sulfonamides is 1. The first-order valence-electron chi connectivity index (χ1n) is 11.1. The smallest absolute Gasteiger partial charge is 0.209 e. The Hall–Kier alpha value is -3.24. The molecule has 9 nitrogen and oxygen atoms in total. The van der Waals surface area contributed by atoms with Crippen LogP contribution in [0, 0.1) is 0 Å². The van der Waals surface area contributed by atoms with Gasteiger partial charge in [-0.15, -0.1) is 0 Å². The molecule has 0 aliphatic heterocycles. The Bertz CT molecular complexity index is 1400. The van der Waals surface area contributed by atoms with Gasteiger partial charge in [-0.2, -0.15) is 10.2 Å². The molecule has 0 saturated heterocycles. The third kappa shape index (κ3) is 4.36. The molecule has 0 spiro atoms. The van der Waals surface area contributed by atoms with Crippen LogP contribution in [0.2, 0.25) is 0 Å². The van der Waals surface area contributed by atoms with E-state index in [1.807, 2.05) is 36.5 Å². The Kier molecular flexibility index (Phi) is 5.63. The third-order valence-electron chi connectivity index (χ3n) is 6.21. The van der Waals surface area contributed by atoms with Crippen LogP contribution in [0.25, 0.3) is 28.0 Å². The summed E-state index contributed by atoms with van der Waals surface area (Å²) in [5.41, 5.74) is 11.6. The standard InChI is InChI=1S/C23H27N7O2S/c1-33(31,32)28-14-16-6-5-7-17(12-16)21-13-19(22-23(24)25-15-27-30(21)22)20-10-11-26-29(20)18-8-3-2-4-9-18/h5-7,10-13,15,18,28H,2-4,8-9,14H2,1H3,(H2,24,25,27). The Balaban J connectivity index is 1.61. The van der Waals surface area contributed by atoms with Crippen LogP contribution >= 0.6 is 0 Å². The molecular weight excluding hydrogens is 438 g/mol. The fraction of sp³-hybridized carbons (Fsp3) is 0.348. The van der Waals surface area contributed by atoms with E-state index in [0.717, 1.165) is 52.7 Å². The van der Waals surface area contributed by atoms with Gasteiger partial charge in [0.25, 0.3) is 0 Å². The molecule has 1 aliphatic rings. The van der Waals surface area contributed by atoms with Crippen molar-refractivity contribution in [3.05, 3.63) is 54.5 Å². The van der Waals surface area contributed by atoms with Gasteiger partial charge in [-0.25, -0.2) is 22.6 Å². The van der Waals surface area contributed by atoms with E-state index in [1.54, 1.807) is 4.52 Å². The molecule has 0 bridgehead atoms. The summed E-state index contributed by atoms with van der Waals surface area (Å²) in [5.74, 6) is 0.401. The van der Waals surface area contributed by atoms with Gasteiger partial charge in [0.05, 0.1) is 23.7 Å². The summed E-state index contributed by atoms with van der Waals surface area (Å²) in [6.07, 6.45) is 10.4. The molecule has 0 atom stereocenters. The molecule has 1 saturated carbocycles. The monoisotopic (exact) mass is 465 g/mol. The molecule has 0 unspecified atom stereocenters. The molecule has 1 fully saturated rings. The van der Waals surface area contributed by atoms with Crippen LogP contribution in [0.3, 0.4) is 0 Å². The highest BCUT2D eigenvalue weighted by Crippen LogP contribution is 2.37. The van der Waals surface area contributed by atoms with Crippen molar-refractivity contribution in [2.24, 2.45) is 0 Å². The van der Waals surface area contributed by atoms with Gasteiger partial charge in [-0.05, 0) is 36.6 Å². The number of rotatable bonds is 6. The first kappa shape index (κ1) is 21.6. The van der Waals surface area contributed by atoms with Gasteiger partial charge in [-0.3, -0.25) is 4.68 Å². The number of aromatic nitrogens is 5. The molecule has 3 heterocycles.